The number of carbonyl (C=O) groups excluding carboxylic acids is 1. The molecule has 0 aliphatic carbocycles. The average Bonchev–Trinajstić information content (AvgIpc) is 3.14. The third-order valence-electron chi connectivity index (χ3n) is 3.91. The summed E-state index contributed by atoms with van der Waals surface area (Å²) in [7, 11) is 2.61. The molecule has 2 rings (SSSR count). The lowest BCUT2D eigenvalue weighted by molar-refractivity contribution is -0.385. The van der Waals surface area contributed by atoms with Crippen molar-refractivity contribution in [1.82, 2.24) is 15.0 Å². The van der Waals surface area contributed by atoms with Gasteiger partial charge in [-0.25, -0.2) is 4.79 Å². The first-order valence-corrected chi connectivity index (χ1v) is 8.60. The van der Waals surface area contributed by atoms with Crippen molar-refractivity contribution in [3.63, 3.8) is 0 Å². The Balaban J connectivity index is 2.62. The molecule has 0 aliphatic rings. The van der Waals surface area contributed by atoms with Gasteiger partial charge in [-0.1, -0.05) is 0 Å². The molecule has 1 aromatic carbocycles. The summed E-state index contributed by atoms with van der Waals surface area (Å²) in [4.78, 5) is 35.9. The normalized spacial score (nSPS) is 11.6. The highest BCUT2D eigenvalue weighted by Gasteiger charge is 2.32. The number of rotatable bonds is 10. The summed E-state index contributed by atoms with van der Waals surface area (Å²) < 4.78 is 20.0. The van der Waals surface area contributed by atoms with Crippen LogP contribution in [0.1, 0.15) is 41.7 Å². The van der Waals surface area contributed by atoms with Gasteiger partial charge < -0.3 is 24.1 Å². The first kappa shape index (κ1) is 22.5. The van der Waals surface area contributed by atoms with Gasteiger partial charge in [0.25, 0.3) is 5.69 Å². The fraction of sp³-hybridized carbons (Fsp3) is 0.412. The predicted octanol–water partition coefficient (Wildman–Crippen LogP) is 2.18. The quantitative estimate of drug-likeness (QED) is 0.257. The standard InChI is InChI=1S/C17H20N4O9/c1-5-29-8-20-18-14(9(2)30-17(23)24)15(19-20)16(22)10-6-12(27-3)13(28-4)7-11(10)21(25)26/h6-7,9H,5,8H2,1-4H3,(H,23,24). The van der Waals surface area contributed by atoms with Crippen molar-refractivity contribution < 1.29 is 38.6 Å². The van der Waals surface area contributed by atoms with Crippen LogP contribution in [0.2, 0.25) is 0 Å². The maximum atomic E-state index is 13.2. The number of nitrogens with zero attached hydrogens (tertiary/aromatic N) is 4. The molecule has 162 valence electrons. The summed E-state index contributed by atoms with van der Waals surface area (Å²) in [6.07, 6.45) is -2.76. The Kier molecular flexibility index (Phi) is 7.25. The molecule has 1 heterocycles. The Labute approximate surface area is 170 Å². The molecular weight excluding hydrogens is 404 g/mol. The first-order valence-electron chi connectivity index (χ1n) is 8.60. The van der Waals surface area contributed by atoms with Crippen LogP contribution in [0.15, 0.2) is 12.1 Å². The Morgan fingerprint density at radius 1 is 1.23 bits per heavy atom. The zero-order chi connectivity index (χ0) is 22.4. The molecule has 1 atom stereocenters. The number of benzene rings is 1. The van der Waals surface area contributed by atoms with E-state index in [-0.39, 0.29) is 35.2 Å². The van der Waals surface area contributed by atoms with E-state index >= 15 is 0 Å². The summed E-state index contributed by atoms with van der Waals surface area (Å²) >= 11 is 0. The Morgan fingerprint density at radius 2 is 1.87 bits per heavy atom. The highest BCUT2D eigenvalue weighted by atomic mass is 16.7. The molecule has 0 aliphatic heterocycles. The molecule has 0 spiro atoms. The lowest BCUT2D eigenvalue weighted by Gasteiger charge is -2.11. The van der Waals surface area contributed by atoms with Gasteiger partial charge in [-0.2, -0.15) is 9.90 Å². The number of carbonyl (C=O) groups is 2. The van der Waals surface area contributed by atoms with E-state index in [0.717, 1.165) is 16.9 Å². The smallest absolute Gasteiger partial charge is 0.493 e. The Morgan fingerprint density at radius 3 is 2.40 bits per heavy atom. The maximum Gasteiger partial charge on any atom is 0.506 e. The van der Waals surface area contributed by atoms with Gasteiger partial charge in [0.2, 0.25) is 5.78 Å². The molecule has 0 saturated heterocycles. The minimum Gasteiger partial charge on any atom is -0.493 e. The van der Waals surface area contributed by atoms with Gasteiger partial charge in [0.15, 0.2) is 23.9 Å². The van der Waals surface area contributed by atoms with Crippen molar-refractivity contribution >= 4 is 17.6 Å². The van der Waals surface area contributed by atoms with Gasteiger partial charge in [0.05, 0.1) is 25.2 Å². The van der Waals surface area contributed by atoms with Crippen molar-refractivity contribution in [3.8, 4) is 11.5 Å². The molecule has 13 nitrogen and oxygen atoms in total. The van der Waals surface area contributed by atoms with Gasteiger partial charge >= 0.3 is 6.16 Å². The van der Waals surface area contributed by atoms with E-state index in [1.165, 1.54) is 21.1 Å². The number of carboxylic acid groups (broad SMARTS) is 1. The van der Waals surface area contributed by atoms with Crippen LogP contribution < -0.4 is 9.47 Å². The SMILES string of the molecule is CCOCn1nc(C(=O)c2cc(OC)c(OC)cc2[N+](=O)[O-])c(C(C)OC(=O)O)n1. The van der Waals surface area contributed by atoms with E-state index < -0.39 is 28.7 Å². The molecule has 30 heavy (non-hydrogen) atoms. The van der Waals surface area contributed by atoms with Crippen LogP contribution >= 0.6 is 0 Å². The second-order valence-corrected chi connectivity index (χ2v) is 5.76. The number of nitro benzene ring substituents is 1. The second-order valence-electron chi connectivity index (χ2n) is 5.76. The summed E-state index contributed by atoms with van der Waals surface area (Å²) in [6, 6.07) is 2.20. The molecular formula is C17H20N4O9. The summed E-state index contributed by atoms with van der Waals surface area (Å²) in [5.41, 5.74) is -1.33. The van der Waals surface area contributed by atoms with E-state index in [9.17, 15) is 19.7 Å². The molecule has 0 saturated carbocycles. The molecule has 1 aromatic heterocycles. The number of ketones is 1. The first-order chi connectivity index (χ1) is 14.2. The number of nitro groups is 1. The number of aromatic nitrogens is 3. The minimum atomic E-state index is -1.59. The third-order valence-corrected chi connectivity index (χ3v) is 3.91. The zero-order valence-corrected chi connectivity index (χ0v) is 16.6. The lowest BCUT2D eigenvalue weighted by Crippen LogP contribution is -2.13. The van der Waals surface area contributed by atoms with E-state index in [1.807, 2.05) is 0 Å². The largest absolute Gasteiger partial charge is 0.506 e. The number of hydrogen-bond acceptors (Lipinski definition) is 10. The van der Waals surface area contributed by atoms with Crippen LogP contribution in [-0.4, -0.2) is 57.8 Å². The second kappa shape index (κ2) is 9.65. The van der Waals surface area contributed by atoms with Crippen molar-refractivity contribution in [2.75, 3.05) is 20.8 Å². The number of methoxy groups -OCH3 is 2. The van der Waals surface area contributed by atoms with Crippen LogP contribution in [0, 0.1) is 10.1 Å². The van der Waals surface area contributed by atoms with E-state index in [1.54, 1.807) is 6.92 Å². The number of ether oxygens (including phenoxy) is 4. The van der Waals surface area contributed by atoms with E-state index in [0.29, 0.717) is 6.61 Å². The Bertz CT molecular complexity index is 957. The summed E-state index contributed by atoms with van der Waals surface area (Å²) in [6.45, 7) is 3.30. The Hall–Kier alpha value is -3.74. The van der Waals surface area contributed by atoms with Crippen LogP contribution in [0.5, 0.6) is 11.5 Å². The predicted molar refractivity (Wildman–Crippen MR) is 98.8 cm³/mol. The molecule has 2 aromatic rings. The zero-order valence-electron chi connectivity index (χ0n) is 16.6. The summed E-state index contributed by atoms with van der Waals surface area (Å²) in [5, 5.41) is 28.5. The third kappa shape index (κ3) is 4.81. The topological polar surface area (TPSA) is 165 Å². The molecule has 0 bridgehead atoms. The molecule has 13 heteroatoms. The van der Waals surface area contributed by atoms with Crippen LogP contribution in [0.3, 0.4) is 0 Å². The molecule has 1 unspecified atom stereocenters. The highest BCUT2D eigenvalue weighted by Crippen LogP contribution is 2.36. The molecule has 0 amide bonds. The highest BCUT2D eigenvalue weighted by molar-refractivity contribution is 6.11. The van der Waals surface area contributed by atoms with Crippen molar-refractivity contribution in [2.45, 2.75) is 26.7 Å². The van der Waals surface area contributed by atoms with Gasteiger partial charge in [-0.15, -0.1) is 5.10 Å². The monoisotopic (exact) mass is 424 g/mol. The molecule has 0 radical (unpaired) electrons. The van der Waals surface area contributed by atoms with Gasteiger partial charge in [0.1, 0.15) is 17.4 Å². The van der Waals surface area contributed by atoms with Crippen molar-refractivity contribution in [2.24, 2.45) is 0 Å². The van der Waals surface area contributed by atoms with Gasteiger partial charge in [-0.05, 0) is 13.8 Å². The summed E-state index contributed by atoms with van der Waals surface area (Å²) in [5.74, 6) is -0.727. The molecule has 0 fully saturated rings. The van der Waals surface area contributed by atoms with Crippen molar-refractivity contribution in [3.05, 3.63) is 39.2 Å². The van der Waals surface area contributed by atoms with Crippen molar-refractivity contribution in [1.29, 1.82) is 0 Å². The minimum absolute atomic E-state index is 0.0588. The van der Waals surface area contributed by atoms with E-state index in [4.69, 9.17) is 19.3 Å². The van der Waals surface area contributed by atoms with Gasteiger partial charge in [-0.3, -0.25) is 14.9 Å². The fourth-order valence-corrected chi connectivity index (χ4v) is 2.56. The van der Waals surface area contributed by atoms with E-state index in [2.05, 4.69) is 14.9 Å². The van der Waals surface area contributed by atoms with Crippen LogP contribution in [0.4, 0.5) is 10.5 Å². The molecule has 1 N–H and O–H groups in total. The average molecular weight is 424 g/mol. The number of hydrogen-bond donors (Lipinski definition) is 1. The lowest BCUT2D eigenvalue weighted by atomic mass is 10.0. The van der Waals surface area contributed by atoms with Crippen LogP contribution in [-0.2, 0) is 16.2 Å². The fourth-order valence-electron chi connectivity index (χ4n) is 2.56. The van der Waals surface area contributed by atoms with Gasteiger partial charge in [0, 0.05) is 12.7 Å². The van der Waals surface area contributed by atoms with Crippen LogP contribution in [0.25, 0.3) is 0 Å². The maximum absolute atomic E-state index is 13.2.